The van der Waals surface area contributed by atoms with E-state index in [0.29, 0.717) is 22.0 Å². The molecule has 0 aliphatic carbocycles. The molecule has 0 spiro atoms. The van der Waals surface area contributed by atoms with Gasteiger partial charge in [0.1, 0.15) is 23.1 Å². The normalized spacial score (nSPS) is 9.94. The Morgan fingerprint density at radius 1 is 1.53 bits per heavy atom. The quantitative estimate of drug-likeness (QED) is 0.884. The largest absolute Gasteiger partial charge is 0.496 e. The Balaban J connectivity index is 2.68. The van der Waals surface area contributed by atoms with Gasteiger partial charge in [-0.3, -0.25) is 0 Å². The summed E-state index contributed by atoms with van der Waals surface area (Å²) in [7, 11) is 1.52. The molecule has 1 aromatic carbocycles. The highest BCUT2D eigenvalue weighted by molar-refractivity contribution is 6.31. The number of nitrogens with zero attached hydrogens (tertiary/aromatic N) is 2. The lowest BCUT2D eigenvalue weighted by Crippen LogP contribution is -1.91. The summed E-state index contributed by atoms with van der Waals surface area (Å²) in [5, 5.41) is 13.2. The van der Waals surface area contributed by atoms with Crippen LogP contribution in [0.2, 0.25) is 5.02 Å². The molecule has 1 heterocycles. The van der Waals surface area contributed by atoms with Gasteiger partial charge in [0, 0.05) is 10.6 Å². The molecule has 0 aliphatic rings. The summed E-state index contributed by atoms with van der Waals surface area (Å²) in [4.78, 5) is 0. The predicted molar refractivity (Wildman–Crippen MR) is 62.6 cm³/mol. The number of hydrogen-bond donors (Lipinski definition) is 1. The number of halogens is 1. The molecule has 2 N–H and O–H groups in total. The number of benzene rings is 1. The molecule has 0 atom stereocenters. The standard InChI is InChI=1S/C11H8ClN3O2/c1-16-9-3-2-6(12)4-7(9)10-8(5-13)11(14)17-15-10/h2-4H,14H2,1H3. The SMILES string of the molecule is COc1ccc(Cl)cc1-c1noc(N)c1C#N. The van der Waals surface area contributed by atoms with Crippen LogP contribution in [-0.4, -0.2) is 12.3 Å². The molecule has 17 heavy (non-hydrogen) atoms. The average molecular weight is 250 g/mol. The van der Waals surface area contributed by atoms with Crippen molar-refractivity contribution in [3.8, 4) is 23.1 Å². The summed E-state index contributed by atoms with van der Waals surface area (Å²) < 4.78 is 9.96. The first kappa shape index (κ1) is 11.3. The van der Waals surface area contributed by atoms with Crippen molar-refractivity contribution in [2.45, 2.75) is 0 Å². The van der Waals surface area contributed by atoms with E-state index in [9.17, 15) is 0 Å². The van der Waals surface area contributed by atoms with Crippen LogP contribution in [0.3, 0.4) is 0 Å². The lowest BCUT2D eigenvalue weighted by Gasteiger charge is -2.06. The van der Waals surface area contributed by atoms with E-state index < -0.39 is 0 Å². The van der Waals surface area contributed by atoms with Crippen molar-refractivity contribution in [1.29, 1.82) is 5.26 Å². The molecular weight excluding hydrogens is 242 g/mol. The minimum absolute atomic E-state index is 0.0236. The highest BCUT2D eigenvalue weighted by atomic mass is 35.5. The lowest BCUT2D eigenvalue weighted by atomic mass is 10.1. The van der Waals surface area contributed by atoms with Crippen LogP contribution in [0.25, 0.3) is 11.3 Å². The van der Waals surface area contributed by atoms with Crippen molar-refractivity contribution in [1.82, 2.24) is 5.16 Å². The molecule has 2 rings (SSSR count). The monoisotopic (exact) mass is 249 g/mol. The Kier molecular flexibility index (Phi) is 2.90. The molecule has 0 unspecified atom stereocenters. The maximum atomic E-state index is 8.98. The molecule has 0 radical (unpaired) electrons. The van der Waals surface area contributed by atoms with Gasteiger partial charge in [-0.2, -0.15) is 5.26 Å². The van der Waals surface area contributed by atoms with Gasteiger partial charge < -0.3 is 15.0 Å². The van der Waals surface area contributed by atoms with E-state index in [0.717, 1.165) is 0 Å². The van der Waals surface area contributed by atoms with E-state index in [1.807, 2.05) is 6.07 Å². The second-order valence-electron chi connectivity index (χ2n) is 3.23. The molecule has 5 nitrogen and oxygen atoms in total. The summed E-state index contributed by atoms with van der Waals surface area (Å²) in [5.74, 6) is 0.517. The molecule has 0 saturated carbocycles. The van der Waals surface area contributed by atoms with Crippen LogP contribution in [0.1, 0.15) is 5.56 Å². The molecule has 0 saturated heterocycles. The fourth-order valence-corrected chi connectivity index (χ4v) is 1.63. The number of nitrogens with two attached hydrogens (primary N) is 1. The van der Waals surface area contributed by atoms with Crippen molar-refractivity contribution >= 4 is 17.5 Å². The smallest absolute Gasteiger partial charge is 0.240 e. The minimum atomic E-state index is -0.0236. The molecule has 0 fully saturated rings. The van der Waals surface area contributed by atoms with E-state index in [-0.39, 0.29) is 11.4 Å². The summed E-state index contributed by atoms with van der Waals surface area (Å²) in [6.07, 6.45) is 0. The summed E-state index contributed by atoms with van der Waals surface area (Å²) in [6, 6.07) is 6.93. The number of hydrogen-bond acceptors (Lipinski definition) is 5. The number of nitrogen functional groups attached to an aromatic ring is 1. The molecule has 0 amide bonds. The second kappa shape index (κ2) is 4.36. The van der Waals surface area contributed by atoms with Gasteiger partial charge in [-0.1, -0.05) is 16.8 Å². The fraction of sp³-hybridized carbons (Fsp3) is 0.0909. The third-order valence-corrected chi connectivity index (χ3v) is 2.48. The lowest BCUT2D eigenvalue weighted by molar-refractivity contribution is 0.414. The van der Waals surface area contributed by atoms with Gasteiger partial charge in [0.25, 0.3) is 0 Å². The van der Waals surface area contributed by atoms with Crippen LogP contribution < -0.4 is 10.5 Å². The number of nitriles is 1. The number of rotatable bonds is 2. The summed E-state index contributed by atoms with van der Waals surface area (Å²) in [5.41, 5.74) is 6.56. The van der Waals surface area contributed by atoms with Gasteiger partial charge in [-0.15, -0.1) is 0 Å². The zero-order chi connectivity index (χ0) is 12.4. The first-order valence-electron chi connectivity index (χ1n) is 4.66. The molecule has 2 aromatic rings. The topological polar surface area (TPSA) is 85.1 Å². The fourth-order valence-electron chi connectivity index (χ4n) is 1.46. The minimum Gasteiger partial charge on any atom is -0.496 e. The third kappa shape index (κ3) is 1.90. The summed E-state index contributed by atoms with van der Waals surface area (Å²) >= 11 is 5.90. The molecular formula is C11H8ClN3O2. The van der Waals surface area contributed by atoms with E-state index in [1.165, 1.54) is 7.11 Å². The average Bonchev–Trinajstić information content (AvgIpc) is 2.70. The van der Waals surface area contributed by atoms with Crippen LogP contribution >= 0.6 is 11.6 Å². The Hall–Kier alpha value is -2.19. The maximum Gasteiger partial charge on any atom is 0.240 e. The van der Waals surface area contributed by atoms with Crippen LogP contribution in [-0.2, 0) is 0 Å². The maximum absolute atomic E-state index is 8.98. The van der Waals surface area contributed by atoms with Crippen molar-refractivity contribution in [3.05, 3.63) is 28.8 Å². The first-order chi connectivity index (χ1) is 8.17. The van der Waals surface area contributed by atoms with Crippen molar-refractivity contribution in [2.24, 2.45) is 0 Å². The molecule has 86 valence electrons. The molecule has 6 heteroatoms. The highest BCUT2D eigenvalue weighted by Crippen LogP contribution is 2.35. The van der Waals surface area contributed by atoms with Crippen LogP contribution in [0.5, 0.6) is 5.75 Å². The van der Waals surface area contributed by atoms with Gasteiger partial charge in [0.2, 0.25) is 5.88 Å². The number of aromatic nitrogens is 1. The van der Waals surface area contributed by atoms with Gasteiger partial charge in [-0.25, -0.2) is 0 Å². The second-order valence-corrected chi connectivity index (χ2v) is 3.66. The van der Waals surface area contributed by atoms with E-state index in [1.54, 1.807) is 18.2 Å². The Morgan fingerprint density at radius 2 is 2.29 bits per heavy atom. The zero-order valence-corrected chi connectivity index (χ0v) is 9.65. The predicted octanol–water partition coefficient (Wildman–Crippen LogP) is 2.46. The Morgan fingerprint density at radius 3 is 2.94 bits per heavy atom. The highest BCUT2D eigenvalue weighted by Gasteiger charge is 2.18. The van der Waals surface area contributed by atoms with Crippen LogP contribution in [0.4, 0.5) is 5.88 Å². The first-order valence-corrected chi connectivity index (χ1v) is 5.04. The summed E-state index contributed by atoms with van der Waals surface area (Å²) in [6.45, 7) is 0. The van der Waals surface area contributed by atoms with Crippen LogP contribution in [0.15, 0.2) is 22.7 Å². The Labute approximate surface area is 102 Å². The van der Waals surface area contributed by atoms with Crippen molar-refractivity contribution in [2.75, 3.05) is 12.8 Å². The molecule has 0 aliphatic heterocycles. The van der Waals surface area contributed by atoms with Gasteiger partial charge in [-0.05, 0) is 18.2 Å². The van der Waals surface area contributed by atoms with E-state index in [4.69, 9.17) is 31.9 Å². The van der Waals surface area contributed by atoms with Crippen molar-refractivity contribution < 1.29 is 9.26 Å². The zero-order valence-electron chi connectivity index (χ0n) is 8.90. The van der Waals surface area contributed by atoms with Crippen LogP contribution in [0, 0.1) is 11.3 Å². The number of methoxy groups -OCH3 is 1. The molecule has 1 aromatic heterocycles. The number of anilines is 1. The van der Waals surface area contributed by atoms with Gasteiger partial charge in [0.15, 0.2) is 0 Å². The van der Waals surface area contributed by atoms with Crippen molar-refractivity contribution in [3.63, 3.8) is 0 Å². The van der Waals surface area contributed by atoms with Gasteiger partial charge in [0.05, 0.1) is 7.11 Å². The Bertz CT molecular complexity index is 601. The van der Waals surface area contributed by atoms with E-state index in [2.05, 4.69) is 5.16 Å². The third-order valence-electron chi connectivity index (χ3n) is 2.25. The molecule has 0 bridgehead atoms. The van der Waals surface area contributed by atoms with E-state index >= 15 is 0 Å². The van der Waals surface area contributed by atoms with Gasteiger partial charge >= 0.3 is 0 Å². The number of ether oxygens (including phenoxy) is 1.